The molecule has 0 spiro atoms. The van der Waals surface area contributed by atoms with Gasteiger partial charge in [-0.25, -0.2) is 8.42 Å². The van der Waals surface area contributed by atoms with Crippen LogP contribution >= 0.6 is 11.6 Å². The van der Waals surface area contributed by atoms with Gasteiger partial charge in [-0.3, -0.25) is 9.78 Å². The van der Waals surface area contributed by atoms with E-state index in [1.165, 1.54) is 22.8 Å². The molecule has 2 heterocycles. The summed E-state index contributed by atoms with van der Waals surface area (Å²) < 4.78 is 26.5. The fraction of sp³-hybridized carbons (Fsp3) is 0.250. The molecule has 6 nitrogen and oxygen atoms in total. The number of aromatic nitrogens is 1. The van der Waals surface area contributed by atoms with Crippen LogP contribution in [0.1, 0.15) is 10.4 Å². The molecule has 0 N–H and O–H groups in total. The van der Waals surface area contributed by atoms with Gasteiger partial charge in [0.1, 0.15) is 4.90 Å². The Morgan fingerprint density at radius 3 is 2.46 bits per heavy atom. The normalized spacial score (nSPS) is 16.1. The molecule has 0 radical (unpaired) electrons. The van der Waals surface area contributed by atoms with Crippen molar-refractivity contribution in [3.05, 3.63) is 59.4 Å². The first-order valence-electron chi connectivity index (χ1n) is 7.43. The van der Waals surface area contributed by atoms with E-state index in [-0.39, 0.29) is 23.9 Å². The predicted octanol–water partition coefficient (Wildman–Crippen LogP) is 1.88. The van der Waals surface area contributed by atoms with Crippen molar-refractivity contribution in [3.8, 4) is 0 Å². The highest BCUT2D eigenvalue weighted by Crippen LogP contribution is 2.18. The number of hydrogen-bond acceptors (Lipinski definition) is 4. The van der Waals surface area contributed by atoms with Gasteiger partial charge >= 0.3 is 0 Å². The van der Waals surface area contributed by atoms with Crippen molar-refractivity contribution in [3.63, 3.8) is 0 Å². The second-order valence-corrected chi connectivity index (χ2v) is 7.77. The van der Waals surface area contributed by atoms with E-state index in [0.29, 0.717) is 23.7 Å². The summed E-state index contributed by atoms with van der Waals surface area (Å²) >= 11 is 5.91. The minimum absolute atomic E-state index is 0.143. The Morgan fingerprint density at radius 1 is 1.08 bits per heavy atom. The third kappa shape index (κ3) is 3.43. The van der Waals surface area contributed by atoms with Gasteiger partial charge in [0, 0.05) is 49.2 Å². The van der Waals surface area contributed by atoms with Gasteiger partial charge in [-0.1, -0.05) is 17.7 Å². The van der Waals surface area contributed by atoms with Crippen LogP contribution in [0.4, 0.5) is 0 Å². The molecular weight excluding hydrogens is 350 g/mol. The Morgan fingerprint density at radius 2 is 1.83 bits per heavy atom. The maximum atomic E-state index is 12.5. The van der Waals surface area contributed by atoms with Gasteiger partial charge in [-0.05, 0) is 30.3 Å². The highest BCUT2D eigenvalue weighted by molar-refractivity contribution is 7.89. The highest BCUT2D eigenvalue weighted by atomic mass is 35.5. The van der Waals surface area contributed by atoms with E-state index < -0.39 is 10.0 Å². The minimum Gasteiger partial charge on any atom is -0.336 e. The lowest BCUT2D eigenvalue weighted by Crippen LogP contribution is -2.50. The molecular formula is C16H16ClN3O3S. The quantitative estimate of drug-likeness (QED) is 0.832. The molecule has 1 amide bonds. The van der Waals surface area contributed by atoms with E-state index in [1.807, 2.05) is 0 Å². The molecule has 0 bridgehead atoms. The first-order chi connectivity index (χ1) is 11.5. The van der Waals surface area contributed by atoms with Crippen LogP contribution in [0.5, 0.6) is 0 Å². The van der Waals surface area contributed by atoms with Crippen molar-refractivity contribution in [1.29, 1.82) is 0 Å². The molecule has 0 unspecified atom stereocenters. The van der Waals surface area contributed by atoms with Gasteiger partial charge < -0.3 is 4.90 Å². The van der Waals surface area contributed by atoms with Crippen LogP contribution in [0.3, 0.4) is 0 Å². The summed E-state index contributed by atoms with van der Waals surface area (Å²) in [7, 11) is -3.57. The van der Waals surface area contributed by atoms with Crippen molar-refractivity contribution in [1.82, 2.24) is 14.2 Å². The zero-order valence-electron chi connectivity index (χ0n) is 12.8. The Kier molecular flexibility index (Phi) is 4.84. The molecule has 1 aromatic heterocycles. The van der Waals surface area contributed by atoms with Crippen LogP contribution in [0.15, 0.2) is 53.7 Å². The van der Waals surface area contributed by atoms with Crippen molar-refractivity contribution >= 4 is 27.5 Å². The topological polar surface area (TPSA) is 70.6 Å². The number of nitrogens with zero attached hydrogens (tertiary/aromatic N) is 3. The van der Waals surface area contributed by atoms with Crippen LogP contribution in [0, 0.1) is 0 Å². The average molecular weight is 366 g/mol. The maximum absolute atomic E-state index is 12.5. The maximum Gasteiger partial charge on any atom is 0.253 e. The fourth-order valence-corrected chi connectivity index (χ4v) is 4.16. The number of carbonyl (C=O) groups is 1. The fourth-order valence-electron chi connectivity index (χ4n) is 2.58. The number of sulfonamides is 1. The van der Waals surface area contributed by atoms with Crippen LogP contribution in [-0.2, 0) is 10.0 Å². The number of carbonyl (C=O) groups excluding carboxylic acids is 1. The van der Waals surface area contributed by atoms with Crippen molar-refractivity contribution in [2.75, 3.05) is 26.2 Å². The third-order valence-electron chi connectivity index (χ3n) is 3.87. The summed E-state index contributed by atoms with van der Waals surface area (Å²) in [5.74, 6) is -0.143. The lowest BCUT2D eigenvalue weighted by molar-refractivity contribution is 0.0698. The van der Waals surface area contributed by atoms with E-state index in [0.717, 1.165) is 0 Å². The number of piperazine rings is 1. The number of hydrogen-bond donors (Lipinski definition) is 0. The summed E-state index contributed by atoms with van der Waals surface area (Å²) in [4.78, 5) is 18.1. The molecule has 1 fully saturated rings. The molecule has 1 aliphatic heterocycles. The molecule has 0 atom stereocenters. The summed E-state index contributed by atoms with van der Waals surface area (Å²) in [5.41, 5.74) is 0.506. The molecule has 3 rings (SSSR count). The number of benzene rings is 1. The zero-order chi connectivity index (χ0) is 17.2. The van der Waals surface area contributed by atoms with E-state index in [1.54, 1.807) is 35.2 Å². The monoisotopic (exact) mass is 365 g/mol. The number of halogens is 1. The summed E-state index contributed by atoms with van der Waals surface area (Å²) in [6.45, 7) is 1.18. The Balaban J connectivity index is 1.69. The van der Waals surface area contributed by atoms with Crippen LogP contribution in [0.2, 0.25) is 5.02 Å². The van der Waals surface area contributed by atoms with Crippen molar-refractivity contribution in [2.24, 2.45) is 0 Å². The van der Waals surface area contributed by atoms with Crippen molar-refractivity contribution in [2.45, 2.75) is 4.90 Å². The number of amides is 1. The van der Waals surface area contributed by atoms with Gasteiger partial charge in [0.25, 0.3) is 5.91 Å². The molecule has 24 heavy (non-hydrogen) atoms. The third-order valence-corrected chi connectivity index (χ3v) is 5.99. The molecule has 0 saturated carbocycles. The lowest BCUT2D eigenvalue weighted by Gasteiger charge is -2.34. The largest absolute Gasteiger partial charge is 0.336 e. The van der Waals surface area contributed by atoms with E-state index >= 15 is 0 Å². The summed E-state index contributed by atoms with van der Waals surface area (Å²) in [6.07, 6.45) is 2.86. The van der Waals surface area contributed by atoms with Gasteiger partial charge in [0.15, 0.2) is 0 Å². The molecule has 126 valence electrons. The van der Waals surface area contributed by atoms with Crippen molar-refractivity contribution < 1.29 is 13.2 Å². The van der Waals surface area contributed by atoms with Gasteiger partial charge in [-0.15, -0.1) is 0 Å². The lowest BCUT2D eigenvalue weighted by atomic mass is 10.2. The first kappa shape index (κ1) is 16.9. The van der Waals surface area contributed by atoms with Gasteiger partial charge in [-0.2, -0.15) is 4.31 Å². The molecule has 1 saturated heterocycles. The zero-order valence-corrected chi connectivity index (χ0v) is 14.4. The van der Waals surface area contributed by atoms with Gasteiger partial charge in [0.2, 0.25) is 10.0 Å². The first-order valence-corrected chi connectivity index (χ1v) is 9.25. The SMILES string of the molecule is O=C(c1cccc(Cl)c1)N1CCN(S(=O)(=O)c2cccnc2)CC1. The molecule has 8 heteroatoms. The molecule has 1 aromatic carbocycles. The van der Waals surface area contributed by atoms with Gasteiger partial charge in [0.05, 0.1) is 0 Å². The number of pyridine rings is 1. The summed E-state index contributed by atoms with van der Waals surface area (Å²) in [5, 5.41) is 0.499. The van der Waals surface area contributed by atoms with Crippen LogP contribution in [-0.4, -0.2) is 54.7 Å². The molecule has 1 aliphatic rings. The molecule has 0 aliphatic carbocycles. The Bertz CT molecular complexity index is 835. The standard InChI is InChI=1S/C16H16ClN3O3S/c17-14-4-1-3-13(11-14)16(21)19-7-9-20(10-8-19)24(22,23)15-5-2-6-18-12-15/h1-6,11-12H,7-10H2. The van der Waals surface area contributed by atoms with E-state index in [9.17, 15) is 13.2 Å². The number of rotatable bonds is 3. The van der Waals surface area contributed by atoms with E-state index in [4.69, 9.17) is 11.6 Å². The minimum atomic E-state index is -3.57. The predicted molar refractivity (Wildman–Crippen MR) is 90.4 cm³/mol. The second-order valence-electron chi connectivity index (χ2n) is 5.40. The van der Waals surface area contributed by atoms with Crippen LogP contribution in [0.25, 0.3) is 0 Å². The van der Waals surface area contributed by atoms with Crippen LogP contribution < -0.4 is 0 Å². The second kappa shape index (κ2) is 6.88. The highest BCUT2D eigenvalue weighted by Gasteiger charge is 2.30. The van der Waals surface area contributed by atoms with E-state index in [2.05, 4.69) is 4.98 Å². The Labute approximate surface area is 145 Å². The smallest absolute Gasteiger partial charge is 0.253 e. The summed E-state index contributed by atoms with van der Waals surface area (Å²) in [6, 6.07) is 9.85. The Hall–Kier alpha value is -1.96. The average Bonchev–Trinajstić information content (AvgIpc) is 2.62. The molecule has 2 aromatic rings.